The first-order valence-corrected chi connectivity index (χ1v) is 7.85. The number of hydrogen-bond donors (Lipinski definition) is 1. The van der Waals surface area contributed by atoms with Gasteiger partial charge in [0.25, 0.3) is 0 Å². The molecule has 1 atom stereocenters. The second kappa shape index (κ2) is 6.71. The monoisotopic (exact) mass is 343 g/mol. The Morgan fingerprint density at radius 1 is 1.11 bits per heavy atom. The van der Waals surface area contributed by atoms with Crippen LogP contribution < -0.4 is 5.73 Å². The topological polar surface area (TPSA) is 26.0 Å². The molecule has 2 aromatic rings. The summed E-state index contributed by atoms with van der Waals surface area (Å²) in [6.45, 7) is 0.706. The molecule has 1 heterocycles. The molecule has 4 heteroatoms. The molecule has 1 aromatic heterocycles. The number of hydrogen-bond acceptors (Lipinski definition) is 2. The highest BCUT2D eigenvalue weighted by Gasteiger charge is 2.10. The van der Waals surface area contributed by atoms with E-state index >= 15 is 0 Å². The van der Waals surface area contributed by atoms with Gasteiger partial charge >= 0.3 is 0 Å². The summed E-state index contributed by atoms with van der Waals surface area (Å²) in [5.74, 6) is 0.483. The Balaban J connectivity index is 1.99. The molecule has 1 aromatic carbocycles. The minimum atomic E-state index is 0.483. The number of thiophene rings is 1. The van der Waals surface area contributed by atoms with Crippen LogP contribution in [0.5, 0.6) is 0 Å². The minimum Gasteiger partial charge on any atom is -0.330 e. The molecule has 0 amide bonds. The SMILES string of the molecule is NCC(Cc1ccc(Cl)cc1)Cc1ccc(Br)s1. The van der Waals surface area contributed by atoms with E-state index in [4.69, 9.17) is 17.3 Å². The molecule has 2 N–H and O–H groups in total. The second-order valence-electron chi connectivity index (χ2n) is 4.34. The van der Waals surface area contributed by atoms with Crippen molar-refractivity contribution in [1.82, 2.24) is 0 Å². The van der Waals surface area contributed by atoms with Crippen LogP contribution in [-0.2, 0) is 12.8 Å². The predicted octanol–water partition coefficient (Wildman–Crippen LogP) is 4.52. The molecule has 2 rings (SSSR count). The maximum atomic E-state index is 5.89. The van der Waals surface area contributed by atoms with Crippen LogP contribution in [-0.4, -0.2) is 6.54 Å². The van der Waals surface area contributed by atoms with E-state index in [1.165, 1.54) is 14.2 Å². The van der Waals surface area contributed by atoms with E-state index in [1.54, 1.807) is 11.3 Å². The zero-order chi connectivity index (χ0) is 13.0. The van der Waals surface area contributed by atoms with Gasteiger partial charge in [-0.2, -0.15) is 0 Å². The van der Waals surface area contributed by atoms with Gasteiger partial charge in [-0.05, 0) is 71.1 Å². The summed E-state index contributed by atoms with van der Waals surface area (Å²) in [5.41, 5.74) is 7.17. The van der Waals surface area contributed by atoms with Gasteiger partial charge in [0.1, 0.15) is 0 Å². The Bertz CT molecular complexity index is 495. The summed E-state index contributed by atoms with van der Waals surface area (Å²) in [6, 6.07) is 12.3. The van der Waals surface area contributed by atoms with E-state index in [0.717, 1.165) is 17.9 Å². The van der Waals surface area contributed by atoms with Crippen molar-refractivity contribution in [2.45, 2.75) is 12.8 Å². The summed E-state index contributed by atoms with van der Waals surface area (Å²) in [4.78, 5) is 1.38. The Labute approximate surface area is 125 Å². The molecule has 18 heavy (non-hydrogen) atoms. The van der Waals surface area contributed by atoms with Crippen LogP contribution in [0, 0.1) is 5.92 Å². The smallest absolute Gasteiger partial charge is 0.0701 e. The third-order valence-corrected chi connectivity index (χ3v) is 4.79. The molecule has 0 radical (unpaired) electrons. The fraction of sp³-hybridized carbons (Fsp3) is 0.286. The molecule has 0 aliphatic heterocycles. The van der Waals surface area contributed by atoms with Crippen molar-refractivity contribution in [1.29, 1.82) is 0 Å². The summed E-state index contributed by atoms with van der Waals surface area (Å²) < 4.78 is 1.18. The van der Waals surface area contributed by atoms with Crippen molar-refractivity contribution in [3.63, 3.8) is 0 Å². The Kier molecular flexibility index (Phi) is 5.25. The van der Waals surface area contributed by atoms with Crippen LogP contribution in [0.1, 0.15) is 10.4 Å². The summed E-state index contributed by atoms with van der Waals surface area (Å²) in [6.07, 6.45) is 2.04. The van der Waals surface area contributed by atoms with Gasteiger partial charge in [-0.25, -0.2) is 0 Å². The Hall–Kier alpha value is -0.350. The lowest BCUT2D eigenvalue weighted by Gasteiger charge is -2.13. The number of nitrogens with two attached hydrogens (primary N) is 1. The molecule has 0 fully saturated rings. The normalized spacial score (nSPS) is 12.6. The number of benzene rings is 1. The third-order valence-electron chi connectivity index (χ3n) is 2.89. The van der Waals surface area contributed by atoms with Gasteiger partial charge in [-0.1, -0.05) is 23.7 Å². The van der Waals surface area contributed by atoms with Crippen molar-refractivity contribution in [2.75, 3.05) is 6.54 Å². The fourth-order valence-electron chi connectivity index (χ4n) is 1.94. The largest absolute Gasteiger partial charge is 0.330 e. The number of halogens is 2. The second-order valence-corrected chi connectivity index (χ2v) is 7.33. The predicted molar refractivity (Wildman–Crippen MR) is 83.4 cm³/mol. The molecule has 1 unspecified atom stereocenters. The summed E-state index contributed by atoms with van der Waals surface area (Å²) in [5, 5.41) is 0.783. The molecule has 0 saturated heterocycles. The van der Waals surface area contributed by atoms with Gasteiger partial charge < -0.3 is 5.73 Å². The van der Waals surface area contributed by atoms with Crippen molar-refractivity contribution < 1.29 is 0 Å². The fourth-order valence-corrected chi connectivity index (χ4v) is 3.66. The molecular formula is C14H15BrClNS. The highest BCUT2D eigenvalue weighted by Crippen LogP contribution is 2.25. The van der Waals surface area contributed by atoms with Crippen molar-refractivity contribution in [3.05, 3.63) is 55.6 Å². The zero-order valence-electron chi connectivity index (χ0n) is 9.90. The van der Waals surface area contributed by atoms with Crippen LogP contribution in [0.3, 0.4) is 0 Å². The lowest BCUT2D eigenvalue weighted by molar-refractivity contribution is 0.537. The van der Waals surface area contributed by atoms with Crippen LogP contribution in [0.15, 0.2) is 40.2 Å². The maximum absolute atomic E-state index is 5.89. The molecule has 0 bridgehead atoms. The van der Waals surface area contributed by atoms with Crippen LogP contribution in [0.2, 0.25) is 5.02 Å². The maximum Gasteiger partial charge on any atom is 0.0701 e. The first-order chi connectivity index (χ1) is 8.67. The zero-order valence-corrected chi connectivity index (χ0v) is 13.1. The molecule has 0 aliphatic rings. The molecule has 0 aliphatic carbocycles. The Morgan fingerprint density at radius 3 is 2.39 bits per heavy atom. The minimum absolute atomic E-state index is 0.483. The average Bonchev–Trinajstić information content (AvgIpc) is 2.77. The van der Waals surface area contributed by atoms with Crippen LogP contribution >= 0.6 is 38.9 Å². The third kappa shape index (κ3) is 4.09. The summed E-state index contributed by atoms with van der Waals surface area (Å²) in [7, 11) is 0. The molecule has 1 nitrogen and oxygen atoms in total. The average molecular weight is 345 g/mol. The van der Waals surface area contributed by atoms with Crippen molar-refractivity contribution in [3.8, 4) is 0 Å². The van der Waals surface area contributed by atoms with Crippen molar-refractivity contribution >= 4 is 38.9 Å². The molecule has 0 spiro atoms. The first-order valence-electron chi connectivity index (χ1n) is 5.86. The number of rotatable bonds is 5. The lowest BCUT2D eigenvalue weighted by atomic mass is 9.96. The van der Waals surface area contributed by atoms with E-state index in [0.29, 0.717) is 12.5 Å². The molecule has 0 saturated carbocycles. The van der Waals surface area contributed by atoms with E-state index in [-0.39, 0.29) is 0 Å². The lowest BCUT2D eigenvalue weighted by Crippen LogP contribution is -2.18. The van der Waals surface area contributed by atoms with E-state index in [1.807, 2.05) is 12.1 Å². The molecular weight excluding hydrogens is 330 g/mol. The van der Waals surface area contributed by atoms with E-state index in [2.05, 4.69) is 40.2 Å². The van der Waals surface area contributed by atoms with Crippen LogP contribution in [0.25, 0.3) is 0 Å². The molecule has 96 valence electrons. The quantitative estimate of drug-likeness (QED) is 0.847. The van der Waals surface area contributed by atoms with Crippen molar-refractivity contribution in [2.24, 2.45) is 11.7 Å². The highest BCUT2D eigenvalue weighted by atomic mass is 79.9. The van der Waals surface area contributed by atoms with Gasteiger partial charge in [-0.3, -0.25) is 0 Å². The van der Waals surface area contributed by atoms with Gasteiger partial charge in [0.15, 0.2) is 0 Å². The van der Waals surface area contributed by atoms with Gasteiger partial charge in [0, 0.05) is 9.90 Å². The van der Waals surface area contributed by atoms with E-state index < -0.39 is 0 Å². The summed E-state index contributed by atoms with van der Waals surface area (Å²) >= 11 is 11.2. The standard InChI is InChI=1S/C14H15BrClNS/c15-14-6-5-13(18-14)8-11(9-17)7-10-1-3-12(16)4-2-10/h1-6,11H,7-9,17H2. The van der Waals surface area contributed by atoms with Gasteiger partial charge in [0.2, 0.25) is 0 Å². The van der Waals surface area contributed by atoms with Crippen LogP contribution in [0.4, 0.5) is 0 Å². The first kappa shape index (κ1) is 14.1. The van der Waals surface area contributed by atoms with Gasteiger partial charge in [-0.15, -0.1) is 11.3 Å². The van der Waals surface area contributed by atoms with E-state index in [9.17, 15) is 0 Å². The highest BCUT2D eigenvalue weighted by molar-refractivity contribution is 9.11. The Morgan fingerprint density at radius 2 is 1.83 bits per heavy atom. The van der Waals surface area contributed by atoms with Gasteiger partial charge in [0.05, 0.1) is 3.79 Å².